The summed E-state index contributed by atoms with van der Waals surface area (Å²) < 4.78 is 51.4. The van der Waals surface area contributed by atoms with Gasteiger partial charge in [0.1, 0.15) is 0 Å². The maximum absolute atomic E-state index is 12.1. The summed E-state index contributed by atoms with van der Waals surface area (Å²) in [7, 11) is -7.12. The van der Waals surface area contributed by atoms with Crippen LogP contribution in [0.25, 0.3) is 0 Å². The highest BCUT2D eigenvalue weighted by molar-refractivity contribution is 7.89. The molecule has 0 atom stereocenters. The van der Waals surface area contributed by atoms with E-state index >= 15 is 0 Å². The fourth-order valence-electron chi connectivity index (χ4n) is 1.98. The highest BCUT2D eigenvalue weighted by Crippen LogP contribution is 2.17. The third-order valence-corrected chi connectivity index (χ3v) is 6.14. The third-order valence-electron chi connectivity index (χ3n) is 2.88. The van der Waals surface area contributed by atoms with Gasteiger partial charge < -0.3 is 0 Å². The molecular weight excluding hydrogens is 348 g/mol. The van der Waals surface area contributed by atoms with Crippen molar-refractivity contribution in [2.45, 2.75) is 31.2 Å². The first-order valence-corrected chi connectivity index (χ1v) is 10.3. The number of hydrogen-bond acceptors (Lipinski definition) is 4. The van der Waals surface area contributed by atoms with E-state index in [2.05, 4.69) is 4.72 Å². The van der Waals surface area contributed by atoms with Crippen LogP contribution in [0, 0.1) is 0 Å². The molecule has 6 nitrogen and oxygen atoms in total. The van der Waals surface area contributed by atoms with E-state index in [0.29, 0.717) is 5.02 Å². The molecule has 0 saturated carbocycles. The lowest BCUT2D eigenvalue weighted by molar-refractivity contribution is 0.254. The number of sulfonamides is 2. The minimum absolute atomic E-state index is 0.0186. The first kappa shape index (κ1) is 19.4. The van der Waals surface area contributed by atoms with E-state index in [1.54, 1.807) is 20.8 Å². The second-order valence-corrected chi connectivity index (χ2v) is 9.97. The van der Waals surface area contributed by atoms with E-state index in [4.69, 9.17) is 11.6 Å². The molecule has 126 valence electrons. The molecule has 0 radical (unpaired) electrons. The van der Waals surface area contributed by atoms with Gasteiger partial charge in [0.25, 0.3) is 0 Å². The lowest BCUT2D eigenvalue weighted by Crippen LogP contribution is -2.48. The molecule has 1 N–H and O–H groups in total. The van der Waals surface area contributed by atoms with E-state index in [0.717, 1.165) is 6.26 Å². The van der Waals surface area contributed by atoms with Crippen LogP contribution in [0.1, 0.15) is 20.8 Å². The molecule has 0 saturated heterocycles. The molecule has 0 heterocycles. The lowest BCUT2D eigenvalue weighted by atomic mass is 10.1. The van der Waals surface area contributed by atoms with Gasteiger partial charge in [0.2, 0.25) is 20.0 Å². The van der Waals surface area contributed by atoms with Crippen molar-refractivity contribution < 1.29 is 16.8 Å². The third kappa shape index (κ3) is 5.51. The first-order chi connectivity index (χ1) is 9.84. The van der Waals surface area contributed by atoms with Gasteiger partial charge in [0.15, 0.2) is 0 Å². The van der Waals surface area contributed by atoms with Gasteiger partial charge in [-0.3, -0.25) is 0 Å². The molecule has 0 bridgehead atoms. The van der Waals surface area contributed by atoms with Crippen molar-refractivity contribution in [3.05, 3.63) is 29.3 Å². The van der Waals surface area contributed by atoms with Crippen molar-refractivity contribution >= 4 is 31.6 Å². The molecule has 1 aromatic carbocycles. The Hall–Kier alpha value is -0.670. The van der Waals surface area contributed by atoms with E-state index in [1.807, 2.05) is 0 Å². The van der Waals surface area contributed by atoms with Crippen LogP contribution in [0.5, 0.6) is 0 Å². The van der Waals surface area contributed by atoms with Crippen LogP contribution >= 0.6 is 11.6 Å². The average molecular weight is 369 g/mol. The van der Waals surface area contributed by atoms with Crippen LogP contribution in [0.2, 0.25) is 5.02 Å². The SMILES string of the molecule is CC(C)(C)N(CCNS(=O)(=O)c1ccc(Cl)cc1)S(C)(=O)=O. The molecule has 0 aromatic heterocycles. The van der Waals surface area contributed by atoms with E-state index in [-0.39, 0.29) is 18.0 Å². The monoisotopic (exact) mass is 368 g/mol. The molecule has 0 aliphatic carbocycles. The summed E-state index contributed by atoms with van der Waals surface area (Å²) in [6.07, 6.45) is 1.10. The highest BCUT2D eigenvalue weighted by atomic mass is 35.5. The molecule has 22 heavy (non-hydrogen) atoms. The molecule has 1 aromatic rings. The quantitative estimate of drug-likeness (QED) is 0.827. The Labute approximate surface area is 137 Å². The Kier molecular flexibility index (Phi) is 6.02. The maximum atomic E-state index is 12.1. The standard InChI is InChI=1S/C13H21ClN2O4S2/c1-13(2,3)16(21(4,17)18)10-9-15-22(19,20)12-7-5-11(14)6-8-12/h5-8,15H,9-10H2,1-4H3. The smallest absolute Gasteiger partial charge is 0.212 e. The normalized spacial score (nSPS) is 13.5. The predicted molar refractivity (Wildman–Crippen MR) is 87.9 cm³/mol. The average Bonchev–Trinajstić information content (AvgIpc) is 2.32. The van der Waals surface area contributed by atoms with Gasteiger partial charge in [-0.1, -0.05) is 11.6 Å². The summed E-state index contributed by atoms with van der Waals surface area (Å²) in [6.45, 7) is 5.29. The highest BCUT2D eigenvalue weighted by Gasteiger charge is 2.29. The molecule has 0 aliphatic rings. The molecule has 0 spiro atoms. The Morgan fingerprint density at radius 2 is 1.59 bits per heavy atom. The predicted octanol–water partition coefficient (Wildman–Crippen LogP) is 1.68. The van der Waals surface area contributed by atoms with Crippen molar-refractivity contribution in [3.8, 4) is 0 Å². The summed E-state index contributed by atoms with van der Waals surface area (Å²) in [4.78, 5) is 0.0820. The number of rotatable bonds is 6. The van der Waals surface area contributed by atoms with Crippen LogP contribution in [0.15, 0.2) is 29.2 Å². The van der Waals surface area contributed by atoms with Crippen LogP contribution in [0.4, 0.5) is 0 Å². The van der Waals surface area contributed by atoms with Crippen molar-refractivity contribution in [2.75, 3.05) is 19.3 Å². The summed E-state index contributed by atoms with van der Waals surface area (Å²) in [5.74, 6) is 0. The first-order valence-electron chi connectivity index (χ1n) is 6.57. The Morgan fingerprint density at radius 1 is 1.09 bits per heavy atom. The molecule has 0 aliphatic heterocycles. The van der Waals surface area contributed by atoms with Crippen LogP contribution in [-0.4, -0.2) is 46.0 Å². The van der Waals surface area contributed by atoms with Gasteiger partial charge in [0.05, 0.1) is 11.2 Å². The topological polar surface area (TPSA) is 83.6 Å². The van der Waals surface area contributed by atoms with Crippen molar-refractivity contribution in [2.24, 2.45) is 0 Å². The fraction of sp³-hybridized carbons (Fsp3) is 0.538. The maximum Gasteiger partial charge on any atom is 0.240 e. The zero-order valence-corrected chi connectivity index (χ0v) is 15.4. The van der Waals surface area contributed by atoms with Gasteiger partial charge >= 0.3 is 0 Å². The Morgan fingerprint density at radius 3 is 2.00 bits per heavy atom. The second-order valence-electron chi connectivity index (χ2n) is 5.86. The van der Waals surface area contributed by atoms with Crippen LogP contribution < -0.4 is 4.72 Å². The summed E-state index contributed by atoms with van der Waals surface area (Å²) in [6, 6.07) is 5.74. The van der Waals surface area contributed by atoms with Crippen LogP contribution in [0.3, 0.4) is 0 Å². The summed E-state index contributed by atoms with van der Waals surface area (Å²) in [5.41, 5.74) is -0.626. The van der Waals surface area contributed by atoms with E-state index in [9.17, 15) is 16.8 Å². The van der Waals surface area contributed by atoms with Crippen molar-refractivity contribution in [1.29, 1.82) is 0 Å². The van der Waals surface area contributed by atoms with Gasteiger partial charge in [0, 0.05) is 23.7 Å². The minimum Gasteiger partial charge on any atom is -0.212 e. The lowest BCUT2D eigenvalue weighted by Gasteiger charge is -2.33. The van der Waals surface area contributed by atoms with Crippen molar-refractivity contribution in [1.82, 2.24) is 9.03 Å². The van der Waals surface area contributed by atoms with Gasteiger partial charge in [-0.2, -0.15) is 4.31 Å². The number of hydrogen-bond donors (Lipinski definition) is 1. The fourth-order valence-corrected chi connectivity index (χ4v) is 4.54. The second kappa shape index (κ2) is 6.84. The van der Waals surface area contributed by atoms with Gasteiger partial charge in [-0.05, 0) is 45.0 Å². The van der Waals surface area contributed by atoms with E-state index < -0.39 is 25.6 Å². The van der Waals surface area contributed by atoms with Crippen molar-refractivity contribution in [3.63, 3.8) is 0 Å². The molecule has 0 fully saturated rings. The molecule has 1 rings (SSSR count). The van der Waals surface area contributed by atoms with Crippen LogP contribution in [-0.2, 0) is 20.0 Å². The molecular formula is C13H21ClN2O4S2. The number of nitrogens with zero attached hydrogens (tertiary/aromatic N) is 1. The molecule has 0 amide bonds. The molecule has 0 unspecified atom stereocenters. The number of halogens is 1. The summed E-state index contributed by atoms with van der Waals surface area (Å²) >= 11 is 5.72. The van der Waals surface area contributed by atoms with E-state index in [1.165, 1.54) is 28.6 Å². The Balaban J connectivity index is 2.79. The largest absolute Gasteiger partial charge is 0.240 e. The zero-order chi connectivity index (χ0) is 17.2. The minimum atomic E-state index is -3.69. The van der Waals surface area contributed by atoms with Gasteiger partial charge in [-0.15, -0.1) is 0 Å². The number of benzene rings is 1. The summed E-state index contributed by atoms with van der Waals surface area (Å²) in [5, 5.41) is 0.440. The number of nitrogens with one attached hydrogen (secondary N) is 1. The van der Waals surface area contributed by atoms with Gasteiger partial charge in [-0.25, -0.2) is 21.6 Å². The Bertz CT molecular complexity index is 707. The molecule has 9 heteroatoms. The zero-order valence-electron chi connectivity index (χ0n) is 13.0.